The van der Waals surface area contributed by atoms with E-state index in [0.717, 1.165) is 15.6 Å². The molecular weight excluding hydrogens is 652 g/mol. The molecule has 0 aliphatic heterocycles. The third-order valence-corrected chi connectivity index (χ3v) is 8.11. The molecule has 12 nitrogen and oxygen atoms in total. The molecule has 0 unspecified atom stereocenters. The fourth-order valence-electron chi connectivity index (χ4n) is 5.39. The van der Waals surface area contributed by atoms with E-state index in [2.05, 4.69) is 10.6 Å². The second-order valence-corrected chi connectivity index (χ2v) is 11.6. The molecule has 5 rings (SSSR count). The molecule has 0 aliphatic rings. The van der Waals surface area contributed by atoms with Gasteiger partial charge in [-0.05, 0) is 59.5 Å². The second kappa shape index (κ2) is 15.8. The standard InChI is InChI=1S/C39H40N4O8/c1-24(2)26-15-20-32(34(44)21-26)42(38(46)40-30-18-16-27(48-3)22-35(30)50-5)43(39(47)41-31-19-17-28(49-4)23-36(31)51-6)33-14-10-13-29(37(33)45)25-11-8-7-9-12-25/h7-24,44-45H,1-6H3,(H,40,46)(H,41,47). The Morgan fingerprint density at radius 2 is 1.16 bits per heavy atom. The Kier molecular flexibility index (Phi) is 11.1. The SMILES string of the molecule is COc1ccc(NC(=O)N(c2ccc(C(C)C)cc2O)N(C(=O)Nc2ccc(OC)cc2OC)c2cccc(-c3ccccc3)c2O)c(OC)c1. The number of benzene rings is 5. The van der Waals surface area contributed by atoms with Crippen LogP contribution in [0.15, 0.2) is 103 Å². The molecule has 5 aromatic rings. The van der Waals surface area contributed by atoms with Crippen LogP contribution < -0.4 is 39.6 Å². The van der Waals surface area contributed by atoms with Crippen LogP contribution in [0.4, 0.5) is 32.3 Å². The molecule has 12 heteroatoms. The lowest BCUT2D eigenvalue weighted by atomic mass is 10.0. The Morgan fingerprint density at radius 1 is 0.608 bits per heavy atom. The molecule has 0 saturated heterocycles. The molecule has 0 fully saturated rings. The predicted molar refractivity (Wildman–Crippen MR) is 198 cm³/mol. The van der Waals surface area contributed by atoms with Gasteiger partial charge in [-0.2, -0.15) is 10.0 Å². The summed E-state index contributed by atoms with van der Waals surface area (Å²) < 4.78 is 21.7. The van der Waals surface area contributed by atoms with Crippen molar-refractivity contribution in [2.45, 2.75) is 19.8 Å². The number of phenols is 2. The van der Waals surface area contributed by atoms with Crippen molar-refractivity contribution in [2.24, 2.45) is 0 Å². The average molecular weight is 693 g/mol. The van der Waals surface area contributed by atoms with Crippen LogP contribution in [0.1, 0.15) is 25.3 Å². The highest BCUT2D eigenvalue weighted by Gasteiger charge is 2.35. The van der Waals surface area contributed by atoms with Crippen molar-refractivity contribution in [1.82, 2.24) is 0 Å². The van der Waals surface area contributed by atoms with Gasteiger partial charge in [0, 0.05) is 17.7 Å². The molecule has 0 aromatic heterocycles. The fourth-order valence-corrected chi connectivity index (χ4v) is 5.39. The number of urea groups is 2. The zero-order valence-electron chi connectivity index (χ0n) is 29.1. The molecule has 5 aromatic carbocycles. The number of hydrazine groups is 1. The maximum absolute atomic E-state index is 14.7. The summed E-state index contributed by atoms with van der Waals surface area (Å²) in [6, 6.07) is 26.6. The highest BCUT2D eigenvalue weighted by Crippen LogP contribution is 2.42. The minimum absolute atomic E-state index is 0.0457. The smallest absolute Gasteiger partial charge is 0.346 e. The van der Waals surface area contributed by atoms with Crippen molar-refractivity contribution in [2.75, 3.05) is 49.1 Å². The normalized spacial score (nSPS) is 10.6. The van der Waals surface area contributed by atoms with Gasteiger partial charge in [-0.3, -0.25) is 0 Å². The Balaban J connectivity index is 1.73. The van der Waals surface area contributed by atoms with E-state index in [1.165, 1.54) is 46.6 Å². The van der Waals surface area contributed by atoms with Gasteiger partial charge < -0.3 is 39.8 Å². The number of para-hydroxylation sites is 1. The minimum Gasteiger partial charge on any atom is -0.506 e. The molecule has 0 spiro atoms. The van der Waals surface area contributed by atoms with Crippen LogP contribution in [-0.2, 0) is 0 Å². The van der Waals surface area contributed by atoms with E-state index < -0.39 is 12.1 Å². The molecule has 0 heterocycles. The van der Waals surface area contributed by atoms with Crippen molar-refractivity contribution >= 4 is 34.8 Å². The average Bonchev–Trinajstić information content (AvgIpc) is 3.14. The van der Waals surface area contributed by atoms with Crippen molar-refractivity contribution in [3.8, 4) is 45.6 Å². The van der Waals surface area contributed by atoms with Crippen LogP contribution >= 0.6 is 0 Å². The number of rotatable bonds is 10. The minimum atomic E-state index is -0.886. The summed E-state index contributed by atoms with van der Waals surface area (Å²) >= 11 is 0. The Labute approximate surface area is 296 Å². The van der Waals surface area contributed by atoms with Gasteiger partial charge in [0.1, 0.15) is 45.9 Å². The van der Waals surface area contributed by atoms with E-state index in [1.807, 2.05) is 44.2 Å². The molecule has 4 N–H and O–H groups in total. The number of anilines is 4. The largest absolute Gasteiger partial charge is 0.506 e. The number of methoxy groups -OCH3 is 4. The van der Waals surface area contributed by atoms with Crippen LogP contribution in [-0.4, -0.2) is 50.7 Å². The lowest BCUT2D eigenvalue weighted by Gasteiger charge is -2.35. The Morgan fingerprint density at radius 3 is 1.65 bits per heavy atom. The van der Waals surface area contributed by atoms with Crippen molar-refractivity contribution in [3.63, 3.8) is 0 Å². The van der Waals surface area contributed by atoms with Crippen LogP contribution in [0.25, 0.3) is 11.1 Å². The topological polar surface area (TPSA) is 142 Å². The Bertz CT molecular complexity index is 2020. The molecular formula is C39H40N4O8. The quantitative estimate of drug-likeness (QED) is 0.107. The van der Waals surface area contributed by atoms with Gasteiger partial charge in [0.25, 0.3) is 0 Å². The number of phenolic OH excluding ortho intramolecular Hbond substituents is 2. The number of amides is 4. The first-order valence-corrected chi connectivity index (χ1v) is 16.0. The molecule has 0 radical (unpaired) electrons. The number of carbonyl (C=O) groups excluding carboxylic acids is 2. The van der Waals surface area contributed by atoms with Crippen molar-refractivity contribution < 1.29 is 38.7 Å². The van der Waals surface area contributed by atoms with Gasteiger partial charge in [-0.25, -0.2) is 9.59 Å². The van der Waals surface area contributed by atoms with E-state index >= 15 is 0 Å². The maximum Gasteiger partial charge on any atom is 0.346 e. The zero-order chi connectivity index (χ0) is 36.7. The fraction of sp³-hybridized carbons (Fsp3) is 0.179. The molecule has 4 amide bonds. The van der Waals surface area contributed by atoms with Gasteiger partial charge in [-0.1, -0.05) is 62.4 Å². The monoisotopic (exact) mass is 692 g/mol. The number of hydrogen-bond acceptors (Lipinski definition) is 8. The first-order valence-electron chi connectivity index (χ1n) is 16.0. The zero-order valence-corrected chi connectivity index (χ0v) is 29.1. The summed E-state index contributed by atoms with van der Waals surface area (Å²) in [5.41, 5.74) is 2.19. The van der Waals surface area contributed by atoms with Gasteiger partial charge in [0.2, 0.25) is 0 Å². The van der Waals surface area contributed by atoms with Crippen molar-refractivity contribution in [1.29, 1.82) is 0 Å². The van der Waals surface area contributed by atoms with E-state index in [0.29, 0.717) is 22.6 Å². The number of ether oxygens (including phenoxy) is 4. The lowest BCUT2D eigenvalue weighted by molar-refractivity contribution is 0.248. The molecule has 51 heavy (non-hydrogen) atoms. The molecule has 0 aliphatic carbocycles. The van der Waals surface area contributed by atoms with Gasteiger partial charge in [0.15, 0.2) is 0 Å². The van der Waals surface area contributed by atoms with E-state index in [9.17, 15) is 19.8 Å². The molecule has 0 saturated carbocycles. The van der Waals surface area contributed by atoms with Crippen LogP contribution in [0.3, 0.4) is 0 Å². The summed E-state index contributed by atoms with van der Waals surface area (Å²) in [5.74, 6) is 0.961. The van der Waals surface area contributed by atoms with Gasteiger partial charge >= 0.3 is 12.1 Å². The highest BCUT2D eigenvalue weighted by atomic mass is 16.5. The van der Waals surface area contributed by atoms with E-state index in [-0.39, 0.29) is 51.7 Å². The van der Waals surface area contributed by atoms with E-state index in [1.54, 1.807) is 54.6 Å². The maximum atomic E-state index is 14.7. The van der Waals surface area contributed by atoms with Gasteiger partial charge in [-0.15, -0.1) is 0 Å². The number of aromatic hydroxyl groups is 2. The summed E-state index contributed by atoms with van der Waals surface area (Å²) in [7, 11) is 5.88. The first kappa shape index (κ1) is 35.7. The number of hydrogen-bond donors (Lipinski definition) is 4. The van der Waals surface area contributed by atoms with Crippen LogP contribution in [0, 0.1) is 0 Å². The summed E-state index contributed by atoms with van der Waals surface area (Å²) in [6.45, 7) is 3.92. The number of nitrogens with one attached hydrogen (secondary N) is 2. The second-order valence-electron chi connectivity index (χ2n) is 11.6. The third-order valence-electron chi connectivity index (χ3n) is 8.11. The summed E-state index contributed by atoms with van der Waals surface area (Å²) in [6.07, 6.45) is 0. The van der Waals surface area contributed by atoms with Crippen LogP contribution in [0.2, 0.25) is 0 Å². The number of carbonyl (C=O) groups is 2. The van der Waals surface area contributed by atoms with Gasteiger partial charge in [0.05, 0.1) is 39.8 Å². The van der Waals surface area contributed by atoms with E-state index in [4.69, 9.17) is 18.9 Å². The summed E-state index contributed by atoms with van der Waals surface area (Å²) in [5, 5.41) is 30.8. The van der Waals surface area contributed by atoms with Crippen LogP contribution in [0.5, 0.6) is 34.5 Å². The predicted octanol–water partition coefficient (Wildman–Crippen LogP) is 8.61. The Hall–Kier alpha value is -6.56. The van der Waals surface area contributed by atoms with Crippen molar-refractivity contribution in [3.05, 3.63) is 109 Å². The number of nitrogens with zero attached hydrogens (tertiary/aromatic N) is 2. The highest BCUT2D eigenvalue weighted by molar-refractivity contribution is 6.15. The lowest BCUT2D eigenvalue weighted by Crippen LogP contribution is -2.54. The molecule has 0 atom stereocenters. The first-order chi connectivity index (χ1) is 24.6. The third kappa shape index (κ3) is 7.70. The molecule has 0 bridgehead atoms. The molecule has 264 valence electrons. The summed E-state index contributed by atoms with van der Waals surface area (Å²) in [4.78, 5) is 29.3.